The van der Waals surface area contributed by atoms with Crippen LogP contribution in [-0.4, -0.2) is 22.8 Å². The van der Waals surface area contributed by atoms with Crippen LogP contribution in [-0.2, 0) is 22.4 Å². The molecular formula is C24H30N2O2S. The smallest absolute Gasteiger partial charge is 0.262 e. The third-order valence-corrected chi connectivity index (χ3v) is 5.94. The molecule has 0 spiro atoms. The maximum atomic E-state index is 13.0. The van der Waals surface area contributed by atoms with Gasteiger partial charge in [-0.25, -0.2) is 4.98 Å². The Bertz CT molecular complexity index is 1000. The van der Waals surface area contributed by atoms with Crippen LogP contribution in [0.5, 0.6) is 0 Å². The zero-order valence-electron chi connectivity index (χ0n) is 17.8. The van der Waals surface area contributed by atoms with Gasteiger partial charge in [0.1, 0.15) is 0 Å². The second kappa shape index (κ2) is 9.59. The van der Waals surface area contributed by atoms with Gasteiger partial charge in [-0.3, -0.25) is 9.36 Å². The van der Waals surface area contributed by atoms with E-state index in [1.54, 1.807) is 16.3 Å². The Morgan fingerprint density at radius 2 is 1.79 bits per heavy atom. The Hall–Kier alpha value is -2.11. The minimum Gasteiger partial charge on any atom is -0.382 e. The molecule has 0 radical (unpaired) electrons. The molecule has 3 aromatic rings. The quantitative estimate of drug-likeness (QED) is 0.283. The number of benzene rings is 2. The third kappa shape index (κ3) is 5.49. The number of ether oxygens (including phenoxy) is 1. The summed E-state index contributed by atoms with van der Waals surface area (Å²) in [6.45, 7) is 10.6. The van der Waals surface area contributed by atoms with E-state index in [-0.39, 0.29) is 11.0 Å². The fourth-order valence-electron chi connectivity index (χ4n) is 3.17. The molecule has 0 aliphatic carbocycles. The van der Waals surface area contributed by atoms with Gasteiger partial charge >= 0.3 is 0 Å². The van der Waals surface area contributed by atoms with E-state index >= 15 is 0 Å². The van der Waals surface area contributed by atoms with Crippen LogP contribution in [0.4, 0.5) is 0 Å². The van der Waals surface area contributed by atoms with Gasteiger partial charge in [0.05, 0.1) is 10.9 Å². The highest BCUT2D eigenvalue weighted by molar-refractivity contribution is 7.98. The lowest BCUT2D eigenvalue weighted by Crippen LogP contribution is -2.24. The monoisotopic (exact) mass is 410 g/mol. The molecule has 5 heteroatoms. The van der Waals surface area contributed by atoms with Crippen molar-refractivity contribution in [2.24, 2.45) is 0 Å². The maximum absolute atomic E-state index is 13.0. The number of aromatic nitrogens is 2. The van der Waals surface area contributed by atoms with E-state index in [4.69, 9.17) is 9.72 Å². The summed E-state index contributed by atoms with van der Waals surface area (Å²) < 4.78 is 7.25. The van der Waals surface area contributed by atoms with Gasteiger partial charge in [0.25, 0.3) is 5.56 Å². The Kier molecular flexibility index (Phi) is 7.14. The molecule has 0 aliphatic rings. The largest absolute Gasteiger partial charge is 0.382 e. The summed E-state index contributed by atoms with van der Waals surface area (Å²) in [5, 5.41) is 1.44. The summed E-state index contributed by atoms with van der Waals surface area (Å²) in [5.41, 5.74) is 3.48. The van der Waals surface area contributed by atoms with Gasteiger partial charge in [0.2, 0.25) is 0 Å². The number of hydrogen-bond donors (Lipinski definition) is 0. The van der Waals surface area contributed by atoms with Crippen LogP contribution in [0.1, 0.15) is 45.2 Å². The van der Waals surface area contributed by atoms with Crippen LogP contribution in [0.2, 0.25) is 0 Å². The summed E-state index contributed by atoms with van der Waals surface area (Å²) >= 11 is 1.62. The number of thioether (sulfide) groups is 1. The van der Waals surface area contributed by atoms with Crippen molar-refractivity contribution in [1.29, 1.82) is 0 Å². The number of para-hydroxylation sites is 1. The molecule has 3 rings (SSSR count). The van der Waals surface area contributed by atoms with Gasteiger partial charge in [-0.05, 0) is 42.0 Å². The van der Waals surface area contributed by atoms with E-state index in [0.29, 0.717) is 25.1 Å². The molecule has 2 aromatic carbocycles. The molecule has 1 aromatic heterocycles. The van der Waals surface area contributed by atoms with E-state index in [1.165, 1.54) is 11.1 Å². The lowest BCUT2D eigenvalue weighted by atomic mass is 9.87. The number of hydrogen-bond acceptors (Lipinski definition) is 4. The predicted molar refractivity (Wildman–Crippen MR) is 122 cm³/mol. The van der Waals surface area contributed by atoms with Crippen molar-refractivity contribution in [1.82, 2.24) is 9.55 Å². The standard InChI is InChI=1S/C24H30N2O2S/c1-5-28-16-8-15-26-22(27)20-9-6-7-10-21(20)25-23(26)29-17-18-11-13-19(14-12-18)24(2,3)4/h6-7,9-14H,5,8,15-17H2,1-4H3. The highest BCUT2D eigenvalue weighted by Crippen LogP contribution is 2.26. The SMILES string of the molecule is CCOCCCn1c(SCc2ccc(C(C)(C)C)cc2)nc2ccccc2c1=O. The van der Waals surface area contributed by atoms with Crippen LogP contribution < -0.4 is 5.56 Å². The van der Waals surface area contributed by atoms with Gasteiger partial charge in [-0.15, -0.1) is 0 Å². The lowest BCUT2D eigenvalue weighted by Gasteiger charge is -2.19. The van der Waals surface area contributed by atoms with Crippen molar-refractivity contribution in [3.05, 3.63) is 70.0 Å². The fourth-order valence-corrected chi connectivity index (χ4v) is 4.15. The lowest BCUT2D eigenvalue weighted by molar-refractivity contribution is 0.140. The molecule has 0 fully saturated rings. The van der Waals surface area contributed by atoms with E-state index in [0.717, 1.165) is 22.8 Å². The molecule has 0 atom stereocenters. The molecule has 4 nitrogen and oxygen atoms in total. The van der Waals surface area contributed by atoms with Crippen LogP contribution in [0, 0.1) is 0 Å². The summed E-state index contributed by atoms with van der Waals surface area (Å²) in [4.78, 5) is 17.8. The maximum Gasteiger partial charge on any atom is 0.262 e. The van der Waals surface area contributed by atoms with Crippen LogP contribution >= 0.6 is 11.8 Å². The molecule has 29 heavy (non-hydrogen) atoms. The molecule has 0 N–H and O–H groups in total. The van der Waals surface area contributed by atoms with E-state index < -0.39 is 0 Å². The Morgan fingerprint density at radius 3 is 2.48 bits per heavy atom. The highest BCUT2D eigenvalue weighted by Gasteiger charge is 2.14. The molecule has 0 amide bonds. The Morgan fingerprint density at radius 1 is 1.07 bits per heavy atom. The first kappa shape index (κ1) is 21.6. The molecule has 1 heterocycles. The van der Waals surface area contributed by atoms with Crippen LogP contribution in [0.25, 0.3) is 10.9 Å². The average molecular weight is 411 g/mol. The Labute approximate surface area is 177 Å². The van der Waals surface area contributed by atoms with Crippen molar-refractivity contribution >= 4 is 22.7 Å². The van der Waals surface area contributed by atoms with Crippen LogP contribution in [0.3, 0.4) is 0 Å². The average Bonchev–Trinajstić information content (AvgIpc) is 2.71. The first-order valence-electron chi connectivity index (χ1n) is 10.2. The Balaban J connectivity index is 1.83. The summed E-state index contributed by atoms with van der Waals surface area (Å²) in [5.74, 6) is 0.778. The van der Waals surface area contributed by atoms with E-state index in [9.17, 15) is 4.79 Å². The normalized spacial score (nSPS) is 11.9. The highest BCUT2D eigenvalue weighted by atomic mass is 32.2. The third-order valence-electron chi connectivity index (χ3n) is 4.89. The molecule has 0 saturated carbocycles. The van der Waals surface area contributed by atoms with Gasteiger partial charge in [-0.2, -0.15) is 0 Å². The number of nitrogens with zero attached hydrogens (tertiary/aromatic N) is 2. The minimum atomic E-state index is 0.0256. The first-order valence-corrected chi connectivity index (χ1v) is 11.2. The van der Waals surface area contributed by atoms with Gasteiger partial charge < -0.3 is 4.74 Å². The topological polar surface area (TPSA) is 44.1 Å². The molecule has 0 aliphatic heterocycles. The van der Waals surface area contributed by atoms with Crippen molar-refractivity contribution in [3.63, 3.8) is 0 Å². The summed E-state index contributed by atoms with van der Waals surface area (Å²) in [6.07, 6.45) is 0.793. The van der Waals surface area contributed by atoms with Gasteiger partial charge in [0, 0.05) is 25.5 Å². The fraction of sp³-hybridized carbons (Fsp3) is 0.417. The van der Waals surface area contributed by atoms with Gasteiger partial charge in [-0.1, -0.05) is 68.9 Å². The van der Waals surface area contributed by atoms with Crippen molar-refractivity contribution < 1.29 is 4.74 Å². The molecule has 0 bridgehead atoms. The van der Waals surface area contributed by atoms with Crippen molar-refractivity contribution in [2.75, 3.05) is 13.2 Å². The molecular weight excluding hydrogens is 380 g/mol. The second-order valence-corrected chi connectivity index (χ2v) is 9.10. The number of rotatable bonds is 8. The summed E-state index contributed by atoms with van der Waals surface area (Å²) in [6, 6.07) is 16.3. The van der Waals surface area contributed by atoms with Crippen LogP contribution in [0.15, 0.2) is 58.5 Å². The van der Waals surface area contributed by atoms with E-state index in [1.807, 2.05) is 31.2 Å². The molecule has 0 unspecified atom stereocenters. The summed E-state index contributed by atoms with van der Waals surface area (Å²) in [7, 11) is 0. The van der Waals surface area contributed by atoms with Crippen molar-refractivity contribution in [2.45, 2.75) is 57.0 Å². The molecule has 0 saturated heterocycles. The van der Waals surface area contributed by atoms with Crippen molar-refractivity contribution in [3.8, 4) is 0 Å². The molecule has 154 valence electrons. The first-order chi connectivity index (χ1) is 13.9. The zero-order chi connectivity index (χ0) is 20.9. The van der Waals surface area contributed by atoms with E-state index in [2.05, 4.69) is 45.0 Å². The minimum absolute atomic E-state index is 0.0256. The zero-order valence-corrected chi connectivity index (χ0v) is 18.6. The second-order valence-electron chi connectivity index (χ2n) is 8.15. The predicted octanol–water partition coefficient (Wildman–Crippen LogP) is 5.41. The number of fused-ring (bicyclic) bond motifs is 1. The van der Waals surface area contributed by atoms with Gasteiger partial charge in [0.15, 0.2) is 5.16 Å².